The Morgan fingerprint density at radius 1 is 1.20 bits per heavy atom. The molecule has 0 unspecified atom stereocenters. The predicted octanol–water partition coefficient (Wildman–Crippen LogP) is 3.83. The van der Waals surface area contributed by atoms with Crippen molar-refractivity contribution in [3.05, 3.63) is 52.1 Å². The van der Waals surface area contributed by atoms with E-state index in [9.17, 15) is 0 Å². The Hall–Kier alpha value is -2.17. The highest BCUT2D eigenvalue weighted by Gasteiger charge is 2.16. The highest BCUT2D eigenvalue weighted by Crippen LogP contribution is 2.29. The minimum atomic E-state index is 0.486. The summed E-state index contributed by atoms with van der Waals surface area (Å²) >= 11 is 6.45. The molecule has 0 atom stereocenters. The van der Waals surface area contributed by atoms with Crippen LogP contribution < -0.4 is 5.84 Å². The highest BCUT2D eigenvalue weighted by atomic mass is 79.9. The molecule has 0 saturated heterocycles. The van der Waals surface area contributed by atoms with Crippen molar-refractivity contribution in [2.75, 3.05) is 5.84 Å². The Bertz CT molecular complexity index is 997. The second kappa shape index (κ2) is 6.98. The van der Waals surface area contributed by atoms with Gasteiger partial charge in [-0.15, -0.1) is 21.5 Å². The molecule has 3 aromatic heterocycles. The summed E-state index contributed by atoms with van der Waals surface area (Å²) in [5.74, 6) is 8.31. The van der Waals surface area contributed by atoms with Gasteiger partial charge in [-0.3, -0.25) is 0 Å². The molecule has 2 N–H and O–H groups in total. The summed E-state index contributed by atoms with van der Waals surface area (Å²) in [5.41, 5.74) is 0.879. The predicted molar refractivity (Wildman–Crippen MR) is 100 cm³/mol. The minimum Gasteiger partial charge on any atom is -0.335 e. The van der Waals surface area contributed by atoms with Crippen molar-refractivity contribution in [3.63, 3.8) is 0 Å². The van der Waals surface area contributed by atoms with Crippen molar-refractivity contribution in [2.45, 2.75) is 10.9 Å². The number of hydrogen-bond donors (Lipinski definition) is 1. The first-order valence-corrected chi connectivity index (χ1v) is 9.83. The fraction of sp³-hybridized carbons (Fsp3) is 0.0667. The van der Waals surface area contributed by atoms with Gasteiger partial charge in [-0.05, 0) is 23.6 Å². The molecule has 0 radical (unpaired) electrons. The summed E-state index contributed by atoms with van der Waals surface area (Å²) in [6.45, 7) is 0. The molecule has 4 aromatic rings. The van der Waals surface area contributed by atoms with Crippen LogP contribution in [0.15, 0.2) is 55.9 Å². The molecule has 0 aliphatic carbocycles. The van der Waals surface area contributed by atoms with Gasteiger partial charge in [-0.2, -0.15) is 4.98 Å². The molecule has 0 aliphatic rings. The van der Waals surface area contributed by atoms with Crippen molar-refractivity contribution < 1.29 is 4.52 Å². The maximum atomic E-state index is 6.14. The number of nitrogens with zero attached hydrogens (tertiary/aromatic N) is 5. The molecule has 1 aromatic carbocycles. The van der Waals surface area contributed by atoms with E-state index in [1.54, 1.807) is 11.3 Å². The first-order chi connectivity index (χ1) is 12.2. The smallest absolute Gasteiger partial charge is 0.268 e. The van der Waals surface area contributed by atoms with Gasteiger partial charge in [-0.25, -0.2) is 4.68 Å². The van der Waals surface area contributed by atoms with Gasteiger partial charge in [0.1, 0.15) is 0 Å². The van der Waals surface area contributed by atoms with E-state index in [1.807, 2.05) is 41.8 Å². The maximum absolute atomic E-state index is 6.14. The number of thioether (sulfide) groups is 1. The zero-order chi connectivity index (χ0) is 17.2. The molecule has 126 valence electrons. The molecule has 4 rings (SSSR count). The quantitative estimate of drug-likeness (QED) is 0.376. The maximum Gasteiger partial charge on any atom is 0.268 e. The van der Waals surface area contributed by atoms with Crippen LogP contribution >= 0.6 is 39.0 Å². The van der Waals surface area contributed by atoms with Crippen LogP contribution in [0.1, 0.15) is 5.82 Å². The van der Waals surface area contributed by atoms with Gasteiger partial charge >= 0.3 is 0 Å². The van der Waals surface area contributed by atoms with E-state index in [2.05, 4.69) is 36.3 Å². The Morgan fingerprint density at radius 3 is 2.88 bits per heavy atom. The van der Waals surface area contributed by atoms with Gasteiger partial charge in [0.2, 0.25) is 5.16 Å². The summed E-state index contributed by atoms with van der Waals surface area (Å²) < 4.78 is 7.64. The average molecular weight is 435 g/mol. The number of halogens is 1. The van der Waals surface area contributed by atoms with E-state index in [1.165, 1.54) is 16.4 Å². The minimum absolute atomic E-state index is 0.486. The van der Waals surface area contributed by atoms with Crippen molar-refractivity contribution >= 4 is 39.0 Å². The molecule has 0 saturated carbocycles. The first kappa shape index (κ1) is 16.3. The Kier molecular flexibility index (Phi) is 4.55. The standard InChI is InChI=1S/C15H11BrN6OS2/c16-10-5-2-1-4-9(10)13-19-20-15(22(13)17)25-8-12-18-14(23-21-12)11-6-3-7-24-11/h1-7H,8,17H2. The fourth-order valence-corrected chi connectivity index (χ4v) is 3.95. The summed E-state index contributed by atoms with van der Waals surface area (Å²) in [6.07, 6.45) is 0. The molecule has 7 nitrogen and oxygen atoms in total. The second-order valence-corrected chi connectivity index (χ2v) is 7.68. The molecule has 0 spiro atoms. The Labute approximate surface area is 159 Å². The van der Waals surface area contributed by atoms with Crippen LogP contribution in [0.2, 0.25) is 0 Å². The van der Waals surface area contributed by atoms with E-state index >= 15 is 0 Å². The molecule has 25 heavy (non-hydrogen) atoms. The van der Waals surface area contributed by atoms with Crippen LogP contribution in [0.4, 0.5) is 0 Å². The number of nitrogen functional groups attached to an aromatic ring is 1. The van der Waals surface area contributed by atoms with Crippen LogP contribution in [-0.2, 0) is 5.75 Å². The number of benzene rings is 1. The third-order valence-electron chi connectivity index (χ3n) is 3.31. The zero-order valence-electron chi connectivity index (χ0n) is 12.7. The number of aromatic nitrogens is 5. The molecule has 3 heterocycles. The van der Waals surface area contributed by atoms with Gasteiger partial charge in [0.15, 0.2) is 11.6 Å². The lowest BCUT2D eigenvalue weighted by Crippen LogP contribution is -2.11. The Balaban J connectivity index is 1.50. The number of hydrogen-bond acceptors (Lipinski definition) is 8. The van der Waals surface area contributed by atoms with Crippen molar-refractivity contribution in [1.82, 2.24) is 25.0 Å². The zero-order valence-corrected chi connectivity index (χ0v) is 15.9. The molecule has 10 heteroatoms. The molecule has 0 aliphatic heterocycles. The lowest BCUT2D eigenvalue weighted by molar-refractivity contribution is 0.426. The van der Waals surface area contributed by atoms with E-state index in [0.717, 1.165) is 14.9 Å². The van der Waals surface area contributed by atoms with Gasteiger partial charge in [-0.1, -0.05) is 51.0 Å². The van der Waals surface area contributed by atoms with E-state index in [-0.39, 0.29) is 0 Å². The van der Waals surface area contributed by atoms with Crippen LogP contribution in [0.5, 0.6) is 0 Å². The van der Waals surface area contributed by atoms with E-state index in [0.29, 0.717) is 28.4 Å². The molecule has 0 amide bonds. The van der Waals surface area contributed by atoms with Crippen LogP contribution in [-0.4, -0.2) is 25.0 Å². The fourth-order valence-electron chi connectivity index (χ4n) is 2.14. The third-order valence-corrected chi connectivity index (χ3v) is 5.80. The van der Waals surface area contributed by atoms with Crippen LogP contribution in [0.3, 0.4) is 0 Å². The molecule has 0 bridgehead atoms. The number of nitrogens with two attached hydrogens (primary N) is 1. The highest BCUT2D eigenvalue weighted by molar-refractivity contribution is 9.10. The van der Waals surface area contributed by atoms with Gasteiger partial charge in [0.05, 0.1) is 10.6 Å². The normalized spacial score (nSPS) is 11.1. The van der Waals surface area contributed by atoms with Crippen molar-refractivity contribution in [1.29, 1.82) is 0 Å². The summed E-state index contributed by atoms with van der Waals surface area (Å²) in [7, 11) is 0. The van der Waals surface area contributed by atoms with Crippen LogP contribution in [0.25, 0.3) is 22.2 Å². The number of rotatable bonds is 5. The molecular weight excluding hydrogens is 424 g/mol. The van der Waals surface area contributed by atoms with Gasteiger partial charge < -0.3 is 10.4 Å². The van der Waals surface area contributed by atoms with E-state index < -0.39 is 0 Å². The SMILES string of the molecule is Nn1c(SCc2noc(-c3cccs3)n2)nnc1-c1ccccc1Br. The lowest BCUT2D eigenvalue weighted by atomic mass is 10.2. The Morgan fingerprint density at radius 2 is 2.08 bits per heavy atom. The van der Waals surface area contributed by atoms with Crippen molar-refractivity contribution in [3.8, 4) is 22.2 Å². The second-order valence-electron chi connectivity index (χ2n) is 4.94. The summed E-state index contributed by atoms with van der Waals surface area (Å²) in [5, 5.41) is 14.9. The average Bonchev–Trinajstić information content (AvgIpc) is 3.35. The van der Waals surface area contributed by atoms with Gasteiger partial charge in [0, 0.05) is 10.0 Å². The van der Waals surface area contributed by atoms with E-state index in [4.69, 9.17) is 10.4 Å². The largest absolute Gasteiger partial charge is 0.335 e. The number of thiophene rings is 1. The lowest BCUT2D eigenvalue weighted by Gasteiger charge is -2.04. The topological polar surface area (TPSA) is 95.7 Å². The monoisotopic (exact) mass is 434 g/mol. The summed E-state index contributed by atoms with van der Waals surface area (Å²) in [4.78, 5) is 5.33. The third kappa shape index (κ3) is 3.32. The van der Waals surface area contributed by atoms with Gasteiger partial charge in [0.25, 0.3) is 5.89 Å². The van der Waals surface area contributed by atoms with Crippen LogP contribution in [0, 0.1) is 0 Å². The van der Waals surface area contributed by atoms with Crippen molar-refractivity contribution in [2.24, 2.45) is 0 Å². The summed E-state index contributed by atoms with van der Waals surface area (Å²) in [6, 6.07) is 11.6. The first-order valence-electron chi connectivity index (χ1n) is 7.17. The molecule has 0 fully saturated rings. The molecular formula is C15H11BrN6OS2.